The minimum absolute atomic E-state index is 0. The summed E-state index contributed by atoms with van der Waals surface area (Å²) >= 11 is 0. The number of rotatable bonds is 6. The van der Waals surface area contributed by atoms with Crippen molar-refractivity contribution in [3.63, 3.8) is 0 Å². The zero-order valence-corrected chi connectivity index (χ0v) is 15.8. The van der Waals surface area contributed by atoms with E-state index in [1.807, 2.05) is 10.7 Å². The van der Waals surface area contributed by atoms with E-state index in [1.165, 1.54) is 18.5 Å². The number of hydrogen-bond acceptors (Lipinski definition) is 3. The lowest BCUT2D eigenvalue weighted by Crippen LogP contribution is -2.53. The first-order valence-electron chi connectivity index (χ1n) is 8.39. The molecule has 0 unspecified atom stereocenters. The number of amides is 1. The van der Waals surface area contributed by atoms with E-state index in [9.17, 15) is 4.79 Å². The van der Waals surface area contributed by atoms with Crippen molar-refractivity contribution in [2.24, 2.45) is 5.73 Å². The van der Waals surface area contributed by atoms with Gasteiger partial charge in [-0.15, -0.1) is 12.4 Å². The lowest BCUT2D eigenvalue weighted by atomic mass is 9.93. The predicted molar refractivity (Wildman–Crippen MR) is 96.3 cm³/mol. The van der Waals surface area contributed by atoms with Gasteiger partial charge in [0.2, 0.25) is 0 Å². The van der Waals surface area contributed by atoms with Crippen molar-refractivity contribution in [3.8, 4) is 0 Å². The molecule has 0 radical (unpaired) electrons. The maximum Gasteiger partial charge on any atom is 0.272 e. The smallest absolute Gasteiger partial charge is 0.272 e. The summed E-state index contributed by atoms with van der Waals surface area (Å²) in [6.45, 7) is 10.9. The van der Waals surface area contributed by atoms with Gasteiger partial charge in [0, 0.05) is 18.2 Å². The second kappa shape index (κ2) is 7.22. The lowest BCUT2D eigenvalue weighted by Gasteiger charge is -2.31. The fraction of sp³-hybridized carbons (Fsp3) is 0.765. The van der Waals surface area contributed by atoms with Gasteiger partial charge in [-0.3, -0.25) is 9.48 Å². The maximum atomic E-state index is 12.6. The van der Waals surface area contributed by atoms with Gasteiger partial charge in [-0.25, -0.2) is 0 Å². The number of nitrogens with zero attached hydrogens (tertiary/aromatic N) is 2. The number of aromatic nitrogens is 2. The Morgan fingerprint density at radius 3 is 2.30 bits per heavy atom. The van der Waals surface area contributed by atoms with Crippen molar-refractivity contribution in [1.29, 1.82) is 0 Å². The third-order valence-corrected chi connectivity index (χ3v) is 4.72. The number of hydrogen-bond donors (Lipinski definition) is 2. The first-order valence-corrected chi connectivity index (χ1v) is 8.39. The Kier molecular flexibility index (Phi) is 6.27. The molecular formula is C17H31ClN4O. The van der Waals surface area contributed by atoms with Crippen molar-refractivity contribution in [1.82, 2.24) is 15.1 Å². The summed E-state index contributed by atoms with van der Waals surface area (Å²) in [7, 11) is 0. The largest absolute Gasteiger partial charge is 0.344 e. The Hall–Kier alpha value is -1.07. The van der Waals surface area contributed by atoms with Crippen molar-refractivity contribution in [2.45, 2.75) is 77.3 Å². The molecule has 0 bridgehead atoms. The average Bonchev–Trinajstić information content (AvgIpc) is 3.21. The van der Waals surface area contributed by atoms with Gasteiger partial charge in [-0.05, 0) is 52.5 Å². The van der Waals surface area contributed by atoms with Crippen LogP contribution >= 0.6 is 12.4 Å². The molecule has 1 saturated carbocycles. The molecule has 1 aromatic rings. The molecule has 0 atom stereocenters. The fourth-order valence-electron chi connectivity index (χ4n) is 2.79. The molecule has 1 heterocycles. The summed E-state index contributed by atoms with van der Waals surface area (Å²) in [5.41, 5.74) is 7.13. The molecule has 1 aliphatic carbocycles. The molecule has 0 spiro atoms. The van der Waals surface area contributed by atoms with E-state index in [2.05, 4.69) is 45.0 Å². The highest BCUT2D eigenvalue weighted by Gasteiger charge is 2.34. The first-order chi connectivity index (χ1) is 10.3. The van der Waals surface area contributed by atoms with Gasteiger partial charge in [-0.1, -0.05) is 13.8 Å². The standard InChI is InChI=1S/C17H30N4O.ClH/c1-6-17(7-2,11-18)19-15(22)13-10-14(12-8-9-12)21(20-13)16(3,4)5;/h10,12H,6-9,11,18H2,1-5H3,(H,19,22);1H. The highest BCUT2D eigenvalue weighted by molar-refractivity contribution is 5.93. The minimum atomic E-state index is -0.331. The molecule has 5 nitrogen and oxygen atoms in total. The van der Waals surface area contributed by atoms with Crippen LogP contribution in [0.2, 0.25) is 0 Å². The lowest BCUT2D eigenvalue weighted by molar-refractivity contribution is 0.0888. The average molecular weight is 343 g/mol. The van der Waals surface area contributed by atoms with Crippen LogP contribution in [0, 0.1) is 0 Å². The Labute approximate surface area is 145 Å². The number of halogens is 1. The summed E-state index contributed by atoms with van der Waals surface area (Å²) in [6, 6.07) is 1.96. The van der Waals surface area contributed by atoms with Crippen molar-refractivity contribution < 1.29 is 4.79 Å². The van der Waals surface area contributed by atoms with Crippen molar-refractivity contribution in [3.05, 3.63) is 17.5 Å². The van der Waals surface area contributed by atoms with Gasteiger partial charge < -0.3 is 11.1 Å². The van der Waals surface area contributed by atoms with Gasteiger partial charge in [0.25, 0.3) is 5.91 Å². The van der Waals surface area contributed by atoms with Crippen molar-refractivity contribution in [2.75, 3.05) is 6.54 Å². The molecule has 3 N–H and O–H groups in total. The summed E-state index contributed by atoms with van der Waals surface area (Å²) in [6.07, 6.45) is 4.03. The molecule has 2 rings (SSSR count). The SMILES string of the molecule is CCC(CC)(CN)NC(=O)c1cc(C2CC2)n(C(C)(C)C)n1.Cl. The first kappa shape index (κ1) is 20.0. The van der Waals surface area contributed by atoms with Gasteiger partial charge in [-0.2, -0.15) is 5.10 Å². The molecule has 1 fully saturated rings. The number of nitrogens with two attached hydrogens (primary N) is 1. The van der Waals surface area contributed by atoms with Crippen LogP contribution in [0.5, 0.6) is 0 Å². The second-order valence-corrected chi connectivity index (χ2v) is 7.46. The summed E-state index contributed by atoms with van der Waals surface area (Å²) in [5, 5.41) is 7.70. The molecule has 0 aliphatic heterocycles. The monoisotopic (exact) mass is 342 g/mol. The van der Waals surface area contributed by atoms with E-state index in [0.717, 1.165) is 12.8 Å². The normalized spacial score (nSPS) is 15.2. The van der Waals surface area contributed by atoms with Gasteiger partial charge >= 0.3 is 0 Å². The third kappa shape index (κ3) is 4.27. The van der Waals surface area contributed by atoms with E-state index in [4.69, 9.17) is 5.73 Å². The van der Waals surface area contributed by atoms with Gasteiger partial charge in [0.15, 0.2) is 0 Å². The highest BCUT2D eigenvalue weighted by Crippen LogP contribution is 2.41. The molecule has 0 saturated heterocycles. The fourth-order valence-corrected chi connectivity index (χ4v) is 2.79. The van der Waals surface area contributed by atoms with Crippen LogP contribution in [0.3, 0.4) is 0 Å². The quantitative estimate of drug-likeness (QED) is 0.833. The molecule has 1 amide bonds. The maximum absolute atomic E-state index is 12.6. The highest BCUT2D eigenvalue weighted by atomic mass is 35.5. The summed E-state index contributed by atoms with van der Waals surface area (Å²) in [4.78, 5) is 12.6. The molecule has 132 valence electrons. The van der Waals surface area contributed by atoms with Crippen LogP contribution in [-0.4, -0.2) is 27.8 Å². The van der Waals surface area contributed by atoms with Crippen molar-refractivity contribution >= 4 is 18.3 Å². The number of carbonyl (C=O) groups excluding carboxylic acids is 1. The zero-order valence-electron chi connectivity index (χ0n) is 15.0. The zero-order chi connectivity index (χ0) is 16.5. The molecule has 0 aromatic carbocycles. The molecule has 1 aliphatic rings. The molecule has 23 heavy (non-hydrogen) atoms. The summed E-state index contributed by atoms with van der Waals surface area (Å²) < 4.78 is 2.02. The summed E-state index contributed by atoms with van der Waals surface area (Å²) in [5.74, 6) is 0.448. The van der Waals surface area contributed by atoms with E-state index in [1.54, 1.807) is 0 Å². The predicted octanol–water partition coefficient (Wildman–Crippen LogP) is 3.18. The molecular weight excluding hydrogens is 312 g/mol. The molecule has 1 aromatic heterocycles. The van der Waals surface area contributed by atoms with E-state index in [0.29, 0.717) is 18.2 Å². The van der Waals surface area contributed by atoms with Crippen LogP contribution in [0.1, 0.15) is 82.4 Å². The van der Waals surface area contributed by atoms with Crippen LogP contribution in [0.15, 0.2) is 6.07 Å². The van der Waals surface area contributed by atoms with Gasteiger partial charge in [0.05, 0.1) is 11.1 Å². The Morgan fingerprint density at radius 1 is 1.35 bits per heavy atom. The Balaban J connectivity index is 0.00000264. The topological polar surface area (TPSA) is 72.9 Å². The Morgan fingerprint density at radius 2 is 1.91 bits per heavy atom. The number of nitrogens with one attached hydrogen (secondary N) is 1. The Bertz CT molecular complexity index is 531. The van der Waals surface area contributed by atoms with Crippen LogP contribution in [0.4, 0.5) is 0 Å². The molecule has 6 heteroatoms. The van der Waals surface area contributed by atoms with E-state index in [-0.39, 0.29) is 29.4 Å². The van der Waals surface area contributed by atoms with E-state index < -0.39 is 0 Å². The van der Waals surface area contributed by atoms with Crippen LogP contribution in [0.25, 0.3) is 0 Å². The van der Waals surface area contributed by atoms with Crippen LogP contribution < -0.4 is 11.1 Å². The van der Waals surface area contributed by atoms with Gasteiger partial charge in [0.1, 0.15) is 5.69 Å². The minimum Gasteiger partial charge on any atom is -0.344 e. The third-order valence-electron chi connectivity index (χ3n) is 4.72. The van der Waals surface area contributed by atoms with Crippen LogP contribution in [-0.2, 0) is 5.54 Å². The van der Waals surface area contributed by atoms with E-state index >= 15 is 0 Å². The second-order valence-electron chi connectivity index (χ2n) is 7.46. The number of carbonyl (C=O) groups is 1.